The smallest absolute Gasteiger partial charge is 0.166 e. The van der Waals surface area contributed by atoms with Crippen molar-refractivity contribution < 1.29 is 4.79 Å². The van der Waals surface area contributed by atoms with Gasteiger partial charge in [0.25, 0.3) is 0 Å². The van der Waals surface area contributed by atoms with Gasteiger partial charge in [0.1, 0.15) is 0 Å². The number of nitrogens with zero attached hydrogens (tertiary/aromatic N) is 1. The zero-order chi connectivity index (χ0) is 13.8. The molecule has 2 saturated heterocycles. The molecule has 124 valence electrons. The standard InChI is InChI=1S/C17H24N2O.2ClH/c20-17(15-8-10-18-11-9-15)14-4-6-16(7-5-14)19-12-2-1-3-13-19;;/h4-7,15,18H,1-3,8-13H2;2*1H. The number of benzene rings is 1. The van der Waals surface area contributed by atoms with E-state index in [2.05, 4.69) is 22.3 Å². The number of ketones is 1. The molecule has 1 N–H and O–H groups in total. The average Bonchev–Trinajstić information content (AvgIpc) is 2.56. The third-order valence-corrected chi connectivity index (χ3v) is 4.58. The molecule has 0 spiro atoms. The summed E-state index contributed by atoms with van der Waals surface area (Å²) >= 11 is 0. The molecule has 3 rings (SSSR count). The highest BCUT2D eigenvalue weighted by atomic mass is 35.5. The Labute approximate surface area is 145 Å². The zero-order valence-electron chi connectivity index (χ0n) is 12.9. The van der Waals surface area contributed by atoms with Crippen LogP contribution in [0.2, 0.25) is 0 Å². The van der Waals surface area contributed by atoms with E-state index in [-0.39, 0.29) is 30.7 Å². The van der Waals surface area contributed by atoms with Crippen LogP contribution in [0.5, 0.6) is 0 Å². The number of anilines is 1. The van der Waals surface area contributed by atoms with Gasteiger partial charge in [-0.25, -0.2) is 0 Å². The normalized spacial score (nSPS) is 19.0. The SMILES string of the molecule is Cl.Cl.O=C(c1ccc(N2CCCCC2)cc1)C1CCNCC1. The Balaban J connectivity index is 0.00000121. The molecule has 2 aliphatic heterocycles. The van der Waals surface area contributed by atoms with Crippen LogP contribution >= 0.6 is 24.8 Å². The van der Waals surface area contributed by atoms with Crippen molar-refractivity contribution in [2.45, 2.75) is 32.1 Å². The lowest BCUT2D eigenvalue weighted by Crippen LogP contribution is -2.32. The van der Waals surface area contributed by atoms with Crippen LogP contribution < -0.4 is 10.2 Å². The summed E-state index contributed by atoms with van der Waals surface area (Å²) in [6, 6.07) is 8.29. The molecule has 2 fully saturated rings. The Bertz CT molecular complexity index is 452. The second kappa shape index (κ2) is 9.39. The van der Waals surface area contributed by atoms with Crippen molar-refractivity contribution in [2.24, 2.45) is 5.92 Å². The van der Waals surface area contributed by atoms with E-state index < -0.39 is 0 Å². The molecule has 0 aliphatic carbocycles. The van der Waals surface area contributed by atoms with Gasteiger partial charge in [0.05, 0.1) is 0 Å². The second-order valence-electron chi connectivity index (χ2n) is 5.98. The van der Waals surface area contributed by atoms with Gasteiger partial charge in [0.15, 0.2) is 5.78 Å². The number of Topliss-reactive ketones (excluding diaryl/α,β-unsaturated/α-hetero) is 1. The molecule has 0 saturated carbocycles. The third-order valence-electron chi connectivity index (χ3n) is 4.58. The maximum absolute atomic E-state index is 12.4. The highest BCUT2D eigenvalue weighted by molar-refractivity contribution is 5.98. The molecule has 22 heavy (non-hydrogen) atoms. The van der Waals surface area contributed by atoms with Crippen LogP contribution in [-0.2, 0) is 0 Å². The summed E-state index contributed by atoms with van der Waals surface area (Å²) in [4.78, 5) is 14.9. The lowest BCUT2D eigenvalue weighted by molar-refractivity contribution is 0.0895. The maximum atomic E-state index is 12.4. The van der Waals surface area contributed by atoms with E-state index in [1.54, 1.807) is 0 Å². The molecule has 5 heteroatoms. The van der Waals surface area contributed by atoms with E-state index in [9.17, 15) is 4.79 Å². The lowest BCUT2D eigenvalue weighted by atomic mass is 9.89. The summed E-state index contributed by atoms with van der Waals surface area (Å²) in [6.45, 7) is 4.26. The molecule has 0 unspecified atom stereocenters. The Morgan fingerprint density at radius 2 is 1.55 bits per heavy atom. The summed E-state index contributed by atoms with van der Waals surface area (Å²) in [7, 11) is 0. The molecule has 1 aromatic carbocycles. The number of piperidine rings is 2. The molecule has 0 bridgehead atoms. The highest BCUT2D eigenvalue weighted by Gasteiger charge is 2.22. The summed E-state index contributed by atoms with van der Waals surface area (Å²) in [5.41, 5.74) is 2.16. The van der Waals surface area contributed by atoms with Crippen molar-refractivity contribution in [1.29, 1.82) is 0 Å². The van der Waals surface area contributed by atoms with Crippen molar-refractivity contribution >= 4 is 36.3 Å². The van der Waals surface area contributed by atoms with Crippen LogP contribution in [0.25, 0.3) is 0 Å². The molecular weight excluding hydrogens is 319 g/mol. The number of hydrogen-bond donors (Lipinski definition) is 1. The molecule has 2 aliphatic rings. The summed E-state index contributed by atoms with van der Waals surface area (Å²) in [6.07, 6.45) is 5.88. The van der Waals surface area contributed by atoms with Crippen LogP contribution in [0.4, 0.5) is 5.69 Å². The first kappa shape index (κ1) is 19.3. The van der Waals surface area contributed by atoms with Crippen LogP contribution in [-0.4, -0.2) is 32.0 Å². The minimum absolute atomic E-state index is 0. The fourth-order valence-electron chi connectivity index (χ4n) is 3.31. The fourth-order valence-corrected chi connectivity index (χ4v) is 3.31. The van der Waals surface area contributed by atoms with Gasteiger partial charge >= 0.3 is 0 Å². The van der Waals surface area contributed by atoms with Crippen LogP contribution in [0.1, 0.15) is 42.5 Å². The molecule has 2 heterocycles. The molecular formula is C17H26Cl2N2O. The monoisotopic (exact) mass is 344 g/mol. The highest BCUT2D eigenvalue weighted by Crippen LogP contribution is 2.23. The molecule has 0 radical (unpaired) electrons. The van der Waals surface area contributed by atoms with E-state index in [4.69, 9.17) is 0 Å². The molecule has 0 atom stereocenters. The number of nitrogens with one attached hydrogen (secondary N) is 1. The molecule has 1 aromatic rings. The molecule has 3 nitrogen and oxygen atoms in total. The van der Waals surface area contributed by atoms with Gasteiger partial charge in [-0.05, 0) is 69.5 Å². The Hall–Kier alpha value is -0.770. The zero-order valence-corrected chi connectivity index (χ0v) is 14.6. The van der Waals surface area contributed by atoms with Gasteiger partial charge in [0.2, 0.25) is 0 Å². The van der Waals surface area contributed by atoms with E-state index in [0.717, 1.165) is 44.6 Å². The quantitative estimate of drug-likeness (QED) is 0.848. The summed E-state index contributed by atoms with van der Waals surface area (Å²) < 4.78 is 0. The van der Waals surface area contributed by atoms with Gasteiger partial charge in [-0.2, -0.15) is 0 Å². The van der Waals surface area contributed by atoms with Gasteiger partial charge < -0.3 is 10.2 Å². The largest absolute Gasteiger partial charge is 0.372 e. The lowest BCUT2D eigenvalue weighted by Gasteiger charge is -2.29. The van der Waals surface area contributed by atoms with Crippen molar-refractivity contribution in [3.05, 3.63) is 29.8 Å². The molecule has 0 aromatic heterocycles. The van der Waals surface area contributed by atoms with E-state index >= 15 is 0 Å². The van der Waals surface area contributed by atoms with Crippen molar-refractivity contribution in [3.63, 3.8) is 0 Å². The predicted octanol–water partition coefficient (Wildman–Crippen LogP) is 3.70. The average molecular weight is 345 g/mol. The fraction of sp³-hybridized carbons (Fsp3) is 0.588. The number of hydrogen-bond acceptors (Lipinski definition) is 3. The van der Waals surface area contributed by atoms with Gasteiger partial charge in [-0.1, -0.05) is 0 Å². The Morgan fingerprint density at radius 3 is 2.14 bits per heavy atom. The van der Waals surface area contributed by atoms with E-state index in [0.29, 0.717) is 5.78 Å². The Morgan fingerprint density at radius 1 is 0.955 bits per heavy atom. The minimum Gasteiger partial charge on any atom is -0.372 e. The second-order valence-corrected chi connectivity index (χ2v) is 5.98. The van der Waals surface area contributed by atoms with E-state index in [1.807, 2.05) is 12.1 Å². The van der Waals surface area contributed by atoms with Gasteiger partial charge in [0, 0.05) is 30.3 Å². The Kier molecular flexibility index (Phi) is 8.23. The van der Waals surface area contributed by atoms with Crippen LogP contribution in [0.3, 0.4) is 0 Å². The van der Waals surface area contributed by atoms with E-state index in [1.165, 1.54) is 24.9 Å². The maximum Gasteiger partial charge on any atom is 0.166 e. The van der Waals surface area contributed by atoms with Gasteiger partial charge in [-0.3, -0.25) is 4.79 Å². The minimum atomic E-state index is 0. The third kappa shape index (κ3) is 4.61. The first-order chi connectivity index (χ1) is 9.84. The van der Waals surface area contributed by atoms with Crippen LogP contribution in [0.15, 0.2) is 24.3 Å². The summed E-state index contributed by atoms with van der Waals surface area (Å²) in [5, 5.41) is 3.31. The summed E-state index contributed by atoms with van der Waals surface area (Å²) in [5.74, 6) is 0.550. The molecule has 0 amide bonds. The van der Waals surface area contributed by atoms with Crippen LogP contribution in [0, 0.1) is 5.92 Å². The number of halogens is 2. The number of carbonyl (C=O) groups is 1. The number of rotatable bonds is 3. The van der Waals surface area contributed by atoms with Crippen molar-refractivity contribution in [3.8, 4) is 0 Å². The topological polar surface area (TPSA) is 32.3 Å². The first-order valence-electron chi connectivity index (χ1n) is 7.94. The predicted molar refractivity (Wildman–Crippen MR) is 96.9 cm³/mol. The first-order valence-corrected chi connectivity index (χ1v) is 7.94. The number of carbonyl (C=O) groups excluding carboxylic acids is 1. The van der Waals surface area contributed by atoms with Crippen molar-refractivity contribution in [1.82, 2.24) is 5.32 Å². The van der Waals surface area contributed by atoms with Gasteiger partial charge in [-0.15, -0.1) is 24.8 Å². The van der Waals surface area contributed by atoms with Crippen molar-refractivity contribution in [2.75, 3.05) is 31.1 Å².